The molecule has 0 saturated heterocycles. The van der Waals surface area contributed by atoms with E-state index in [4.69, 9.17) is 4.74 Å². The van der Waals surface area contributed by atoms with Gasteiger partial charge in [0.25, 0.3) is 11.5 Å². The van der Waals surface area contributed by atoms with Gasteiger partial charge in [-0.25, -0.2) is 4.98 Å². The highest BCUT2D eigenvalue weighted by Crippen LogP contribution is 2.19. The summed E-state index contributed by atoms with van der Waals surface area (Å²) in [5, 5.41) is 3.34. The molecule has 7 heteroatoms. The van der Waals surface area contributed by atoms with Gasteiger partial charge in [0, 0.05) is 15.7 Å². The number of aromatic nitrogens is 2. The summed E-state index contributed by atoms with van der Waals surface area (Å²) in [5.41, 5.74) is 3.47. The molecule has 1 N–H and O–H groups in total. The molecule has 0 aliphatic rings. The topological polar surface area (TPSA) is 73.2 Å². The van der Waals surface area contributed by atoms with E-state index in [1.165, 1.54) is 6.33 Å². The van der Waals surface area contributed by atoms with Gasteiger partial charge in [0.05, 0.1) is 23.8 Å². The Morgan fingerprint density at radius 2 is 1.64 bits per heavy atom. The Balaban J connectivity index is 1.26. The largest absolute Gasteiger partial charge is 0.489 e. The van der Waals surface area contributed by atoms with Crippen molar-refractivity contribution in [1.82, 2.24) is 9.55 Å². The van der Waals surface area contributed by atoms with Crippen LogP contribution in [0.3, 0.4) is 0 Å². The monoisotopic (exact) mass is 539 g/mol. The van der Waals surface area contributed by atoms with Gasteiger partial charge in [-0.3, -0.25) is 14.2 Å². The van der Waals surface area contributed by atoms with Crippen molar-refractivity contribution < 1.29 is 9.53 Å². The lowest BCUT2D eigenvalue weighted by Crippen LogP contribution is -2.21. The molecule has 5 rings (SSSR count). The van der Waals surface area contributed by atoms with E-state index in [9.17, 15) is 9.59 Å². The molecular formula is C29H22BrN3O3. The normalized spacial score (nSPS) is 10.8. The number of amides is 1. The number of benzene rings is 4. The summed E-state index contributed by atoms with van der Waals surface area (Å²) in [7, 11) is 0. The maximum absolute atomic E-state index is 12.9. The lowest BCUT2D eigenvalue weighted by molar-refractivity contribution is 0.102. The lowest BCUT2D eigenvalue weighted by Gasteiger charge is -2.10. The van der Waals surface area contributed by atoms with E-state index in [2.05, 4.69) is 26.2 Å². The molecule has 1 aromatic heterocycles. The summed E-state index contributed by atoms with van der Waals surface area (Å²) in [6.07, 6.45) is 1.52. The van der Waals surface area contributed by atoms with Gasteiger partial charge in [0.15, 0.2) is 0 Å². The highest BCUT2D eigenvalue weighted by molar-refractivity contribution is 9.10. The molecule has 1 amide bonds. The fourth-order valence-electron chi connectivity index (χ4n) is 3.78. The molecule has 0 radical (unpaired) electrons. The Morgan fingerprint density at radius 3 is 2.39 bits per heavy atom. The summed E-state index contributed by atoms with van der Waals surface area (Å²) >= 11 is 3.42. The number of carbonyl (C=O) groups is 1. The third-order valence-corrected chi connectivity index (χ3v) is 6.24. The van der Waals surface area contributed by atoms with E-state index in [1.807, 2.05) is 66.7 Å². The number of halogens is 1. The molecule has 4 aromatic carbocycles. The second kappa shape index (κ2) is 10.6. The molecule has 36 heavy (non-hydrogen) atoms. The van der Waals surface area contributed by atoms with Gasteiger partial charge in [0.2, 0.25) is 0 Å². The van der Waals surface area contributed by atoms with Gasteiger partial charge >= 0.3 is 0 Å². The van der Waals surface area contributed by atoms with Crippen LogP contribution in [0, 0.1) is 0 Å². The maximum Gasteiger partial charge on any atom is 0.261 e. The fourth-order valence-corrected chi connectivity index (χ4v) is 4.04. The standard InChI is InChI=1S/C29H22BrN3O3/c30-23-9-6-20(7-10-23)17-33-19-31-27-16-22(8-15-26(27)29(33)35)28(34)32-24-11-13-25(14-12-24)36-18-21-4-2-1-3-5-21/h1-16,19H,17-18H2,(H,32,34). The predicted molar refractivity (Wildman–Crippen MR) is 144 cm³/mol. The van der Waals surface area contributed by atoms with Crippen molar-refractivity contribution in [2.75, 3.05) is 5.32 Å². The highest BCUT2D eigenvalue weighted by atomic mass is 79.9. The van der Waals surface area contributed by atoms with Crippen LogP contribution in [0.15, 0.2) is 113 Å². The van der Waals surface area contributed by atoms with Gasteiger partial charge in [-0.05, 0) is 65.7 Å². The van der Waals surface area contributed by atoms with Crippen LogP contribution in [0.5, 0.6) is 5.75 Å². The summed E-state index contributed by atoms with van der Waals surface area (Å²) in [6.45, 7) is 0.893. The Bertz CT molecular complexity index is 1560. The minimum Gasteiger partial charge on any atom is -0.489 e. The number of nitrogens with zero attached hydrogens (tertiary/aromatic N) is 2. The molecule has 0 unspecified atom stereocenters. The molecule has 0 fully saturated rings. The molecule has 0 aliphatic carbocycles. The zero-order valence-electron chi connectivity index (χ0n) is 19.2. The van der Waals surface area contributed by atoms with Gasteiger partial charge in [0.1, 0.15) is 12.4 Å². The van der Waals surface area contributed by atoms with Gasteiger partial charge in [-0.15, -0.1) is 0 Å². The molecule has 1 heterocycles. The van der Waals surface area contributed by atoms with Crippen molar-refractivity contribution in [2.24, 2.45) is 0 Å². The van der Waals surface area contributed by atoms with Crippen LogP contribution in [0.4, 0.5) is 5.69 Å². The van der Waals surface area contributed by atoms with Crippen molar-refractivity contribution in [2.45, 2.75) is 13.2 Å². The van der Waals surface area contributed by atoms with Crippen molar-refractivity contribution in [3.63, 3.8) is 0 Å². The summed E-state index contributed by atoms with van der Waals surface area (Å²) < 4.78 is 8.34. The Kier molecular flexibility index (Phi) is 6.91. The van der Waals surface area contributed by atoms with Crippen molar-refractivity contribution in [3.8, 4) is 5.75 Å². The minimum atomic E-state index is -0.282. The van der Waals surface area contributed by atoms with Crippen LogP contribution < -0.4 is 15.6 Å². The number of nitrogens with one attached hydrogen (secondary N) is 1. The average Bonchev–Trinajstić information content (AvgIpc) is 2.91. The van der Waals surface area contributed by atoms with Crippen molar-refractivity contribution in [1.29, 1.82) is 0 Å². The molecule has 0 bridgehead atoms. The zero-order chi connectivity index (χ0) is 24.9. The van der Waals surface area contributed by atoms with Crippen molar-refractivity contribution >= 4 is 38.4 Å². The van der Waals surface area contributed by atoms with E-state index in [0.717, 1.165) is 15.6 Å². The second-order valence-corrected chi connectivity index (χ2v) is 9.20. The molecule has 0 spiro atoms. The molecule has 0 aliphatic heterocycles. The van der Waals surface area contributed by atoms with Crippen LogP contribution in [0.25, 0.3) is 10.9 Å². The summed E-state index contributed by atoms with van der Waals surface area (Å²) in [4.78, 5) is 30.2. The van der Waals surface area contributed by atoms with Crippen LogP contribution in [0.1, 0.15) is 21.5 Å². The van der Waals surface area contributed by atoms with Crippen LogP contribution in [0.2, 0.25) is 0 Å². The molecule has 6 nitrogen and oxygen atoms in total. The van der Waals surface area contributed by atoms with Crippen LogP contribution in [-0.2, 0) is 13.2 Å². The number of anilines is 1. The Morgan fingerprint density at radius 1 is 0.889 bits per heavy atom. The minimum absolute atomic E-state index is 0.152. The average molecular weight is 540 g/mol. The predicted octanol–water partition coefficient (Wildman–Crippen LogP) is 6.04. The summed E-state index contributed by atoms with van der Waals surface area (Å²) in [5.74, 6) is 0.432. The maximum atomic E-state index is 12.9. The first-order valence-electron chi connectivity index (χ1n) is 11.4. The third kappa shape index (κ3) is 5.53. The van der Waals surface area contributed by atoms with E-state index in [-0.39, 0.29) is 11.5 Å². The van der Waals surface area contributed by atoms with Gasteiger partial charge in [-0.2, -0.15) is 0 Å². The number of fused-ring (bicyclic) bond motifs is 1. The quantitative estimate of drug-likeness (QED) is 0.273. The first kappa shape index (κ1) is 23.5. The molecule has 0 saturated carbocycles. The second-order valence-electron chi connectivity index (χ2n) is 8.29. The molecule has 5 aromatic rings. The van der Waals surface area contributed by atoms with Gasteiger partial charge < -0.3 is 10.1 Å². The van der Waals surface area contributed by atoms with E-state index in [1.54, 1.807) is 34.9 Å². The number of hydrogen-bond acceptors (Lipinski definition) is 4. The first-order chi connectivity index (χ1) is 17.5. The van der Waals surface area contributed by atoms with Crippen LogP contribution in [-0.4, -0.2) is 15.5 Å². The molecular weight excluding hydrogens is 518 g/mol. The Hall–Kier alpha value is -4.23. The van der Waals surface area contributed by atoms with E-state index in [0.29, 0.717) is 41.1 Å². The lowest BCUT2D eigenvalue weighted by atomic mass is 10.1. The number of ether oxygens (including phenoxy) is 1. The molecule has 0 atom stereocenters. The van der Waals surface area contributed by atoms with E-state index < -0.39 is 0 Å². The number of hydrogen-bond donors (Lipinski definition) is 1. The number of rotatable bonds is 7. The SMILES string of the molecule is O=C(Nc1ccc(OCc2ccccc2)cc1)c1ccc2c(=O)n(Cc3ccc(Br)cc3)cnc2c1. The van der Waals surface area contributed by atoms with Gasteiger partial charge in [-0.1, -0.05) is 58.4 Å². The third-order valence-electron chi connectivity index (χ3n) is 5.71. The fraction of sp³-hybridized carbons (Fsp3) is 0.0690. The van der Waals surface area contributed by atoms with Crippen molar-refractivity contribution in [3.05, 3.63) is 135 Å². The first-order valence-corrected chi connectivity index (χ1v) is 12.2. The number of carbonyl (C=O) groups excluding carboxylic acids is 1. The van der Waals surface area contributed by atoms with E-state index >= 15 is 0 Å². The Labute approximate surface area is 216 Å². The smallest absolute Gasteiger partial charge is 0.261 e. The zero-order valence-corrected chi connectivity index (χ0v) is 20.8. The molecule has 178 valence electrons. The highest BCUT2D eigenvalue weighted by Gasteiger charge is 2.11. The van der Waals surface area contributed by atoms with Crippen LogP contribution >= 0.6 is 15.9 Å². The summed E-state index contributed by atoms with van der Waals surface area (Å²) in [6, 6.07) is 29.8.